The van der Waals surface area contributed by atoms with Gasteiger partial charge < -0.3 is 15.4 Å². The van der Waals surface area contributed by atoms with Crippen molar-refractivity contribution in [3.05, 3.63) is 59.1 Å². The maximum atomic E-state index is 11.8. The number of hydrogen-bond acceptors (Lipinski definition) is 3. The van der Waals surface area contributed by atoms with Gasteiger partial charge in [0.2, 0.25) is 5.91 Å². The Hall–Kier alpha value is -1.92. The molecule has 2 rings (SSSR count). The molecule has 0 radical (unpaired) electrons. The number of amides is 1. The van der Waals surface area contributed by atoms with Crippen LogP contribution in [0.15, 0.2) is 59.1 Å². The Labute approximate surface area is 149 Å². The van der Waals surface area contributed by atoms with E-state index in [1.165, 1.54) is 0 Å². The molecule has 0 aliphatic heterocycles. The van der Waals surface area contributed by atoms with Crippen LogP contribution in [0.3, 0.4) is 0 Å². The van der Waals surface area contributed by atoms with E-state index in [1.807, 2.05) is 54.6 Å². The fraction of sp³-hybridized carbons (Fsp3) is 0.176. The number of thiocarbonyl (C=S) groups is 1. The molecule has 6 heteroatoms. The van der Waals surface area contributed by atoms with Crippen molar-refractivity contribution in [2.24, 2.45) is 0 Å². The SMILES string of the molecule is O=C(CCCOc1ccccc1)NC(=S)Nc1ccc(Br)cc1. The van der Waals surface area contributed by atoms with E-state index in [0.717, 1.165) is 15.9 Å². The summed E-state index contributed by atoms with van der Waals surface area (Å²) in [5.74, 6) is 0.677. The van der Waals surface area contributed by atoms with Crippen LogP contribution in [0, 0.1) is 0 Å². The van der Waals surface area contributed by atoms with Crippen molar-refractivity contribution < 1.29 is 9.53 Å². The third-order valence-electron chi connectivity index (χ3n) is 2.92. The molecule has 2 aromatic carbocycles. The average molecular weight is 393 g/mol. The molecular weight excluding hydrogens is 376 g/mol. The molecule has 0 aromatic heterocycles. The predicted octanol–water partition coefficient (Wildman–Crippen LogP) is 4.12. The summed E-state index contributed by atoms with van der Waals surface area (Å²) in [6.45, 7) is 0.490. The second-order valence-electron chi connectivity index (χ2n) is 4.77. The van der Waals surface area contributed by atoms with Crippen LogP contribution in [0.25, 0.3) is 0 Å². The van der Waals surface area contributed by atoms with Crippen molar-refractivity contribution in [1.29, 1.82) is 0 Å². The van der Waals surface area contributed by atoms with Gasteiger partial charge in [0.05, 0.1) is 6.61 Å². The highest BCUT2D eigenvalue weighted by atomic mass is 79.9. The Morgan fingerprint density at radius 1 is 1.09 bits per heavy atom. The van der Waals surface area contributed by atoms with E-state index in [4.69, 9.17) is 17.0 Å². The quantitative estimate of drug-likeness (QED) is 0.573. The summed E-state index contributed by atoms with van der Waals surface area (Å²) in [6.07, 6.45) is 0.983. The van der Waals surface area contributed by atoms with E-state index in [2.05, 4.69) is 26.6 Å². The molecule has 4 nitrogen and oxygen atoms in total. The number of nitrogens with one attached hydrogen (secondary N) is 2. The van der Waals surface area contributed by atoms with Gasteiger partial charge in [0.1, 0.15) is 5.75 Å². The van der Waals surface area contributed by atoms with Crippen molar-refractivity contribution in [2.45, 2.75) is 12.8 Å². The third-order valence-corrected chi connectivity index (χ3v) is 3.65. The minimum absolute atomic E-state index is 0.128. The minimum Gasteiger partial charge on any atom is -0.494 e. The molecule has 0 aliphatic carbocycles. The highest BCUT2D eigenvalue weighted by molar-refractivity contribution is 9.10. The number of ether oxygens (including phenoxy) is 1. The van der Waals surface area contributed by atoms with Crippen LogP contribution < -0.4 is 15.4 Å². The largest absolute Gasteiger partial charge is 0.494 e. The zero-order valence-electron chi connectivity index (χ0n) is 12.4. The lowest BCUT2D eigenvalue weighted by atomic mass is 10.3. The summed E-state index contributed by atoms with van der Waals surface area (Å²) in [5.41, 5.74) is 0.825. The Kier molecular flexibility index (Phi) is 7.03. The molecule has 2 N–H and O–H groups in total. The summed E-state index contributed by atoms with van der Waals surface area (Å²) in [4.78, 5) is 11.8. The van der Waals surface area contributed by atoms with Crippen LogP contribution in [-0.4, -0.2) is 17.6 Å². The lowest BCUT2D eigenvalue weighted by Crippen LogP contribution is -2.34. The fourth-order valence-corrected chi connectivity index (χ4v) is 2.32. The van der Waals surface area contributed by atoms with Gasteiger partial charge in [-0.1, -0.05) is 34.1 Å². The standard InChI is InChI=1S/C17H17BrN2O2S/c18-13-8-10-14(11-9-13)19-17(23)20-16(21)7-4-12-22-15-5-2-1-3-6-15/h1-3,5-6,8-11H,4,7,12H2,(H2,19,20,21,23). The minimum atomic E-state index is -0.128. The van der Waals surface area contributed by atoms with Crippen LogP contribution in [0.5, 0.6) is 5.75 Å². The molecule has 2 aromatic rings. The van der Waals surface area contributed by atoms with Crippen molar-refractivity contribution in [2.75, 3.05) is 11.9 Å². The van der Waals surface area contributed by atoms with Crippen LogP contribution in [0.1, 0.15) is 12.8 Å². The molecular formula is C17H17BrN2O2S. The van der Waals surface area contributed by atoms with Gasteiger partial charge in [0, 0.05) is 16.6 Å². The third kappa shape index (κ3) is 6.80. The lowest BCUT2D eigenvalue weighted by Gasteiger charge is -2.10. The van der Waals surface area contributed by atoms with Crippen LogP contribution in [-0.2, 0) is 4.79 Å². The van der Waals surface area contributed by atoms with Crippen molar-refractivity contribution in [3.8, 4) is 5.75 Å². The van der Waals surface area contributed by atoms with E-state index in [-0.39, 0.29) is 5.91 Å². The van der Waals surface area contributed by atoms with E-state index < -0.39 is 0 Å². The lowest BCUT2D eigenvalue weighted by molar-refractivity contribution is -0.119. The van der Waals surface area contributed by atoms with Gasteiger partial charge in [-0.3, -0.25) is 4.79 Å². The summed E-state index contributed by atoms with van der Waals surface area (Å²) < 4.78 is 6.52. The van der Waals surface area contributed by atoms with Crippen molar-refractivity contribution >= 4 is 44.9 Å². The number of halogens is 1. The van der Waals surface area contributed by atoms with E-state index in [0.29, 0.717) is 24.6 Å². The first kappa shape index (κ1) is 17.4. The van der Waals surface area contributed by atoms with Gasteiger partial charge in [-0.2, -0.15) is 0 Å². The monoisotopic (exact) mass is 392 g/mol. The number of benzene rings is 2. The van der Waals surface area contributed by atoms with Gasteiger partial charge >= 0.3 is 0 Å². The smallest absolute Gasteiger partial charge is 0.226 e. The molecule has 0 aliphatic rings. The number of carbonyl (C=O) groups is 1. The summed E-state index contributed by atoms with van der Waals surface area (Å²) in [5, 5.41) is 5.91. The molecule has 120 valence electrons. The Morgan fingerprint density at radius 3 is 2.48 bits per heavy atom. The summed E-state index contributed by atoms with van der Waals surface area (Å²) in [7, 11) is 0. The van der Waals surface area contributed by atoms with E-state index >= 15 is 0 Å². The molecule has 0 spiro atoms. The van der Waals surface area contributed by atoms with Gasteiger partial charge in [-0.05, 0) is 55.0 Å². The second-order valence-corrected chi connectivity index (χ2v) is 6.10. The first-order valence-corrected chi connectivity index (χ1v) is 8.38. The van der Waals surface area contributed by atoms with Crippen LogP contribution in [0.2, 0.25) is 0 Å². The molecule has 1 amide bonds. The second kappa shape index (κ2) is 9.27. The number of anilines is 1. The zero-order valence-corrected chi connectivity index (χ0v) is 14.8. The highest BCUT2D eigenvalue weighted by Gasteiger charge is 2.05. The molecule has 0 unspecified atom stereocenters. The van der Waals surface area contributed by atoms with E-state index in [9.17, 15) is 4.79 Å². The maximum Gasteiger partial charge on any atom is 0.226 e. The van der Waals surface area contributed by atoms with Crippen molar-refractivity contribution in [1.82, 2.24) is 5.32 Å². The molecule has 0 heterocycles. The molecule has 0 bridgehead atoms. The highest BCUT2D eigenvalue weighted by Crippen LogP contribution is 2.14. The van der Waals surface area contributed by atoms with Crippen molar-refractivity contribution in [3.63, 3.8) is 0 Å². The van der Waals surface area contributed by atoms with Gasteiger partial charge in [0.15, 0.2) is 5.11 Å². The topological polar surface area (TPSA) is 50.4 Å². The summed E-state index contributed by atoms with van der Waals surface area (Å²) in [6, 6.07) is 17.1. The summed E-state index contributed by atoms with van der Waals surface area (Å²) >= 11 is 8.48. The Balaban J connectivity index is 1.64. The normalized spacial score (nSPS) is 9.96. The number of para-hydroxylation sites is 1. The van der Waals surface area contributed by atoms with Gasteiger partial charge in [-0.25, -0.2) is 0 Å². The predicted molar refractivity (Wildman–Crippen MR) is 99.7 cm³/mol. The number of rotatable bonds is 6. The number of hydrogen-bond donors (Lipinski definition) is 2. The molecule has 0 saturated carbocycles. The molecule has 0 fully saturated rings. The zero-order chi connectivity index (χ0) is 16.5. The van der Waals surface area contributed by atoms with E-state index in [1.54, 1.807) is 0 Å². The maximum absolute atomic E-state index is 11.8. The van der Waals surface area contributed by atoms with Gasteiger partial charge in [0.25, 0.3) is 0 Å². The first-order chi connectivity index (χ1) is 11.1. The Bertz CT molecular complexity index is 647. The molecule has 0 atom stereocenters. The number of carbonyl (C=O) groups excluding carboxylic acids is 1. The fourth-order valence-electron chi connectivity index (χ4n) is 1.82. The molecule has 23 heavy (non-hydrogen) atoms. The average Bonchev–Trinajstić information content (AvgIpc) is 2.55. The first-order valence-electron chi connectivity index (χ1n) is 7.18. The van der Waals surface area contributed by atoms with Crippen LogP contribution >= 0.6 is 28.1 Å². The Morgan fingerprint density at radius 2 is 1.78 bits per heavy atom. The van der Waals surface area contributed by atoms with Gasteiger partial charge in [-0.15, -0.1) is 0 Å². The van der Waals surface area contributed by atoms with Crippen LogP contribution in [0.4, 0.5) is 5.69 Å². The molecule has 0 saturated heterocycles.